The second-order valence-corrected chi connectivity index (χ2v) is 5.35. The van der Waals surface area contributed by atoms with Gasteiger partial charge in [0, 0.05) is 6.42 Å². The molecule has 0 N–H and O–H groups in total. The summed E-state index contributed by atoms with van der Waals surface area (Å²) in [5.41, 5.74) is 8.18. The molecule has 0 aromatic heterocycles. The van der Waals surface area contributed by atoms with Crippen molar-refractivity contribution in [3.8, 4) is 0 Å². The Labute approximate surface area is 118 Å². The fourth-order valence-electron chi connectivity index (χ4n) is 2.27. The molecule has 0 rings (SSSR count). The van der Waals surface area contributed by atoms with Crippen LogP contribution in [-0.4, -0.2) is 16.8 Å². The Bertz CT molecular complexity index is 257. The van der Waals surface area contributed by atoms with Gasteiger partial charge in [0.2, 0.25) is 5.78 Å². The van der Waals surface area contributed by atoms with E-state index in [1.165, 1.54) is 64.2 Å². The minimum atomic E-state index is -0.0745. The van der Waals surface area contributed by atoms with Crippen molar-refractivity contribution < 1.29 is 9.58 Å². The number of rotatable bonds is 14. The maximum atomic E-state index is 11.0. The SMILES string of the molecule is CCCCCCCCCCCCCCC(=O)C=[N+]=[N-]. The number of hydrogen-bond donors (Lipinski definition) is 0. The first-order valence-corrected chi connectivity index (χ1v) is 8.01. The van der Waals surface area contributed by atoms with Crippen molar-refractivity contribution in [3.63, 3.8) is 0 Å². The fourth-order valence-corrected chi connectivity index (χ4v) is 2.27. The Hall–Kier alpha value is -0.950. The number of nitrogens with zero attached hydrogens (tertiary/aromatic N) is 2. The zero-order valence-electron chi connectivity index (χ0n) is 12.6. The zero-order chi connectivity index (χ0) is 14.2. The van der Waals surface area contributed by atoms with E-state index in [0.717, 1.165) is 19.1 Å². The van der Waals surface area contributed by atoms with Crippen LogP contribution in [0.3, 0.4) is 0 Å². The van der Waals surface area contributed by atoms with Crippen molar-refractivity contribution >= 4 is 12.0 Å². The maximum absolute atomic E-state index is 11.0. The summed E-state index contributed by atoms with van der Waals surface area (Å²) in [6.45, 7) is 2.25. The van der Waals surface area contributed by atoms with Crippen LogP contribution in [0.2, 0.25) is 0 Å². The van der Waals surface area contributed by atoms with Gasteiger partial charge in [-0.2, -0.15) is 4.79 Å². The summed E-state index contributed by atoms with van der Waals surface area (Å²) in [5, 5.41) is 0. The summed E-state index contributed by atoms with van der Waals surface area (Å²) >= 11 is 0. The number of unbranched alkanes of at least 4 members (excludes halogenated alkanes) is 11. The number of carbonyl (C=O) groups is 1. The third-order valence-electron chi connectivity index (χ3n) is 3.48. The first-order valence-electron chi connectivity index (χ1n) is 8.01. The molecule has 0 aromatic rings. The van der Waals surface area contributed by atoms with Crippen LogP contribution < -0.4 is 0 Å². The highest BCUT2D eigenvalue weighted by atomic mass is 16.1. The third-order valence-corrected chi connectivity index (χ3v) is 3.48. The van der Waals surface area contributed by atoms with Gasteiger partial charge in [0.1, 0.15) is 0 Å². The number of hydrogen-bond acceptors (Lipinski definition) is 1. The number of ketones is 1. The number of carbonyl (C=O) groups excluding carboxylic acids is 1. The predicted molar refractivity (Wildman–Crippen MR) is 80.4 cm³/mol. The molecule has 0 aliphatic rings. The zero-order valence-corrected chi connectivity index (χ0v) is 12.6. The van der Waals surface area contributed by atoms with Gasteiger partial charge < -0.3 is 5.53 Å². The summed E-state index contributed by atoms with van der Waals surface area (Å²) in [6, 6.07) is 0. The molecule has 0 heterocycles. The van der Waals surface area contributed by atoms with E-state index in [9.17, 15) is 4.79 Å². The highest BCUT2D eigenvalue weighted by Gasteiger charge is 2.01. The highest BCUT2D eigenvalue weighted by Crippen LogP contribution is 2.12. The molecule has 0 saturated heterocycles. The van der Waals surface area contributed by atoms with E-state index in [1.54, 1.807) is 0 Å². The molecule has 0 saturated carbocycles. The van der Waals surface area contributed by atoms with Crippen LogP contribution in [0.1, 0.15) is 90.4 Å². The maximum Gasteiger partial charge on any atom is 0.323 e. The van der Waals surface area contributed by atoms with Gasteiger partial charge in [0.05, 0.1) is 0 Å². The summed E-state index contributed by atoms with van der Waals surface area (Å²) in [4.78, 5) is 13.8. The molecular formula is C16H30N2O. The van der Waals surface area contributed by atoms with Gasteiger partial charge in [-0.15, -0.1) is 0 Å². The molecule has 0 aliphatic carbocycles. The normalized spacial score (nSPS) is 10.2. The molecule has 0 atom stereocenters. The second-order valence-electron chi connectivity index (χ2n) is 5.35. The minimum absolute atomic E-state index is 0.0745. The lowest BCUT2D eigenvalue weighted by atomic mass is 10.0. The van der Waals surface area contributed by atoms with E-state index >= 15 is 0 Å². The van der Waals surface area contributed by atoms with Crippen molar-refractivity contribution in [2.75, 3.05) is 0 Å². The monoisotopic (exact) mass is 266 g/mol. The Kier molecular flexibility index (Phi) is 14.4. The van der Waals surface area contributed by atoms with Crippen molar-refractivity contribution in [1.82, 2.24) is 0 Å². The van der Waals surface area contributed by atoms with E-state index < -0.39 is 0 Å². The van der Waals surface area contributed by atoms with E-state index in [1.807, 2.05) is 0 Å². The molecule has 0 bridgehead atoms. The van der Waals surface area contributed by atoms with Crippen LogP contribution in [0.15, 0.2) is 0 Å². The van der Waals surface area contributed by atoms with Gasteiger partial charge >= 0.3 is 6.21 Å². The first-order chi connectivity index (χ1) is 9.31. The molecule has 0 amide bonds. The predicted octanol–water partition coefficient (Wildman–Crippen LogP) is 4.95. The van der Waals surface area contributed by atoms with Crippen LogP contribution in [0, 0.1) is 0 Å². The van der Waals surface area contributed by atoms with Crippen molar-refractivity contribution in [3.05, 3.63) is 5.53 Å². The molecule has 19 heavy (non-hydrogen) atoms. The molecule has 0 unspecified atom stereocenters. The lowest BCUT2D eigenvalue weighted by Crippen LogP contribution is -1.99. The Balaban J connectivity index is 3.06. The van der Waals surface area contributed by atoms with Gasteiger partial charge in [-0.1, -0.05) is 77.6 Å². The second kappa shape index (κ2) is 15.1. The Morgan fingerprint density at radius 2 is 1.26 bits per heavy atom. The Morgan fingerprint density at radius 3 is 1.68 bits per heavy atom. The Morgan fingerprint density at radius 1 is 0.842 bits per heavy atom. The molecule has 0 radical (unpaired) electrons. The molecule has 0 aliphatic heterocycles. The van der Waals surface area contributed by atoms with Crippen LogP contribution in [0.25, 0.3) is 5.53 Å². The molecular weight excluding hydrogens is 236 g/mol. The molecule has 3 heteroatoms. The van der Waals surface area contributed by atoms with E-state index in [4.69, 9.17) is 5.53 Å². The standard InChI is InChI=1S/C16H30N2O/c1-2-3-4-5-6-7-8-9-10-11-12-13-14-16(19)15-18-17/h15H,2-14H2,1H3. The fraction of sp³-hybridized carbons (Fsp3) is 0.875. The van der Waals surface area contributed by atoms with Gasteiger partial charge in [0.25, 0.3) is 0 Å². The smallest absolute Gasteiger partial charge is 0.323 e. The van der Waals surface area contributed by atoms with Gasteiger partial charge in [-0.25, -0.2) is 0 Å². The van der Waals surface area contributed by atoms with Gasteiger partial charge in [-0.05, 0) is 6.42 Å². The van der Waals surface area contributed by atoms with Crippen molar-refractivity contribution in [2.24, 2.45) is 0 Å². The molecule has 0 spiro atoms. The molecule has 3 nitrogen and oxygen atoms in total. The summed E-state index contributed by atoms with van der Waals surface area (Å²) in [7, 11) is 0. The first kappa shape index (κ1) is 18.0. The van der Waals surface area contributed by atoms with Gasteiger partial charge in [-0.3, -0.25) is 4.79 Å². The molecule has 0 fully saturated rings. The van der Waals surface area contributed by atoms with E-state index in [-0.39, 0.29) is 5.78 Å². The van der Waals surface area contributed by atoms with E-state index in [2.05, 4.69) is 11.7 Å². The molecule has 110 valence electrons. The third kappa shape index (κ3) is 15.0. The highest BCUT2D eigenvalue weighted by molar-refractivity contribution is 6.25. The lowest BCUT2D eigenvalue weighted by molar-refractivity contribution is -0.116. The van der Waals surface area contributed by atoms with Crippen molar-refractivity contribution in [2.45, 2.75) is 90.4 Å². The summed E-state index contributed by atoms with van der Waals surface area (Å²) in [6.07, 6.45) is 17.1. The van der Waals surface area contributed by atoms with Crippen molar-refractivity contribution in [1.29, 1.82) is 0 Å². The topological polar surface area (TPSA) is 53.5 Å². The van der Waals surface area contributed by atoms with E-state index in [0.29, 0.717) is 6.42 Å². The average Bonchev–Trinajstić information content (AvgIpc) is 2.40. The van der Waals surface area contributed by atoms with Crippen LogP contribution in [0.4, 0.5) is 0 Å². The quantitative estimate of drug-likeness (QED) is 0.190. The minimum Gasteiger partial charge on any atom is -0.361 e. The average molecular weight is 266 g/mol. The number of Topliss-reactive ketones (excluding diaryl/α,β-unsaturated/α-hetero) is 1. The molecule has 0 aromatic carbocycles. The lowest BCUT2D eigenvalue weighted by Gasteiger charge is -2.02. The van der Waals surface area contributed by atoms with Gasteiger partial charge in [0.15, 0.2) is 0 Å². The van der Waals surface area contributed by atoms with Crippen LogP contribution in [-0.2, 0) is 4.79 Å². The largest absolute Gasteiger partial charge is 0.361 e. The summed E-state index contributed by atoms with van der Waals surface area (Å²) in [5.74, 6) is -0.0745. The summed E-state index contributed by atoms with van der Waals surface area (Å²) < 4.78 is 0. The van der Waals surface area contributed by atoms with Crippen LogP contribution in [0.5, 0.6) is 0 Å². The van der Waals surface area contributed by atoms with Crippen LogP contribution >= 0.6 is 0 Å².